The van der Waals surface area contributed by atoms with Crippen molar-refractivity contribution in [2.45, 2.75) is 32.7 Å². The molecule has 0 bridgehead atoms. The normalized spacial score (nSPS) is 16.0. The van der Waals surface area contributed by atoms with Gasteiger partial charge in [-0.2, -0.15) is 0 Å². The van der Waals surface area contributed by atoms with Crippen molar-refractivity contribution in [3.05, 3.63) is 35.5 Å². The minimum Gasteiger partial charge on any atom is -0.358 e. The van der Waals surface area contributed by atoms with Crippen LogP contribution >= 0.6 is 0 Å². The zero-order valence-corrected chi connectivity index (χ0v) is 12.6. The number of nitrogens with zero attached hydrogens (tertiary/aromatic N) is 1. The van der Waals surface area contributed by atoms with Crippen molar-refractivity contribution in [3.63, 3.8) is 0 Å². The van der Waals surface area contributed by atoms with Crippen molar-refractivity contribution >= 4 is 16.8 Å². The van der Waals surface area contributed by atoms with E-state index in [1.807, 2.05) is 11.0 Å². The summed E-state index contributed by atoms with van der Waals surface area (Å²) < 4.78 is 0. The van der Waals surface area contributed by atoms with Crippen LogP contribution in [-0.4, -0.2) is 28.9 Å². The van der Waals surface area contributed by atoms with Crippen LogP contribution in [0, 0.1) is 5.92 Å². The third-order valence-corrected chi connectivity index (χ3v) is 4.49. The second kappa shape index (κ2) is 5.90. The van der Waals surface area contributed by atoms with Gasteiger partial charge in [-0.1, -0.05) is 25.1 Å². The molecule has 0 radical (unpaired) electrons. The average Bonchev–Trinajstić information content (AvgIpc) is 2.90. The van der Waals surface area contributed by atoms with Crippen molar-refractivity contribution in [2.24, 2.45) is 11.7 Å². The Hall–Kier alpha value is -1.81. The van der Waals surface area contributed by atoms with Gasteiger partial charge in [0.2, 0.25) is 5.91 Å². The summed E-state index contributed by atoms with van der Waals surface area (Å²) in [5, 5.41) is 1.25. The molecule has 112 valence electrons. The lowest BCUT2D eigenvalue weighted by molar-refractivity contribution is -0.132. The molecule has 4 heteroatoms. The zero-order valence-electron chi connectivity index (χ0n) is 12.6. The Morgan fingerprint density at radius 3 is 3.05 bits per heavy atom. The van der Waals surface area contributed by atoms with Gasteiger partial charge in [-0.15, -0.1) is 0 Å². The van der Waals surface area contributed by atoms with Crippen LogP contribution < -0.4 is 5.73 Å². The minimum atomic E-state index is 0.256. The maximum absolute atomic E-state index is 12.4. The van der Waals surface area contributed by atoms with Gasteiger partial charge in [0.15, 0.2) is 0 Å². The molecule has 0 spiro atoms. The molecule has 1 unspecified atom stereocenters. The van der Waals surface area contributed by atoms with Crippen molar-refractivity contribution < 1.29 is 4.79 Å². The highest BCUT2D eigenvalue weighted by molar-refractivity contribution is 5.86. The molecule has 1 aliphatic rings. The summed E-state index contributed by atoms with van der Waals surface area (Å²) in [4.78, 5) is 17.8. The lowest BCUT2D eigenvalue weighted by Crippen LogP contribution is -2.36. The second-order valence-electron chi connectivity index (χ2n) is 6.07. The summed E-state index contributed by atoms with van der Waals surface area (Å²) in [6.45, 7) is 4.30. The number of hydrogen-bond acceptors (Lipinski definition) is 2. The number of H-pyrrole nitrogens is 1. The first-order chi connectivity index (χ1) is 10.2. The molecule has 21 heavy (non-hydrogen) atoms. The molecule has 1 aromatic carbocycles. The number of hydrogen-bond donors (Lipinski definition) is 2. The van der Waals surface area contributed by atoms with Gasteiger partial charge in [-0.05, 0) is 24.9 Å². The molecule has 0 saturated carbocycles. The highest BCUT2D eigenvalue weighted by Gasteiger charge is 2.23. The number of amides is 1. The van der Waals surface area contributed by atoms with E-state index < -0.39 is 0 Å². The molecule has 3 rings (SSSR count). The Balaban J connectivity index is 1.73. The van der Waals surface area contributed by atoms with Crippen LogP contribution in [0.2, 0.25) is 0 Å². The van der Waals surface area contributed by atoms with E-state index in [9.17, 15) is 4.79 Å². The number of nitrogens with one attached hydrogen (secondary N) is 1. The Morgan fingerprint density at radius 1 is 1.43 bits per heavy atom. The lowest BCUT2D eigenvalue weighted by atomic mass is 10.0. The molecule has 4 nitrogen and oxygen atoms in total. The summed E-state index contributed by atoms with van der Waals surface area (Å²) in [7, 11) is 0. The monoisotopic (exact) mass is 285 g/mol. The van der Waals surface area contributed by atoms with Crippen molar-refractivity contribution in [1.29, 1.82) is 0 Å². The number of carbonyl (C=O) groups excluding carboxylic acids is 1. The Kier molecular flexibility index (Phi) is 3.97. The number of fused-ring (bicyclic) bond motifs is 3. The third-order valence-electron chi connectivity index (χ3n) is 4.49. The van der Waals surface area contributed by atoms with E-state index in [0.29, 0.717) is 18.9 Å². The van der Waals surface area contributed by atoms with Gasteiger partial charge in [0, 0.05) is 48.1 Å². The van der Waals surface area contributed by atoms with E-state index in [2.05, 4.69) is 30.1 Å². The molecule has 1 atom stereocenters. The predicted molar refractivity (Wildman–Crippen MR) is 84.9 cm³/mol. The predicted octanol–water partition coefficient (Wildman–Crippen LogP) is 2.43. The van der Waals surface area contributed by atoms with Crippen molar-refractivity contribution in [2.75, 3.05) is 13.1 Å². The highest BCUT2D eigenvalue weighted by Crippen LogP contribution is 2.27. The largest absolute Gasteiger partial charge is 0.358 e. The number of benzene rings is 1. The fourth-order valence-electron chi connectivity index (χ4n) is 3.03. The van der Waals surface area contributed by atoms with Gasteiger partial charge in [0.1, 0.15) is 0 Å². The fraction of sp³-hybridized carbons (Fsp3) is 0.471. The van der Waals surface area contributed by atoms with Crippen molar-refractivity contribution in [1.82, 2.24) is 9.88 Å². The maximum atomic E-state index is 12.4. The molecular formula is C17H23N3O. The van der Waals surface area contributed by atoms with Gasteiger partial charge in [-0.3, -0.25) is 4.79 Å². The molecule has 0 saturated heterocycles. The number of para-hydroxylation sites is 1. The van der Waals surface area contributed by atoms with Crippen molar-refractivity contribution in [3.8, 4) is 0 Å². The first-order valence-corrected chi connectivity index (χ1v) is 7.75. The van der Waals surface area contributed by atoms with Crippen LogP contribution in [0.5, 0.6) is 0 Å². The van der Waals surface area contributed by atoms with E-state index >= 15 is 0 Å². The summed E-state index contributed by atoms with van der Waals surface area (Å²) in [6.07, 6.45) is 2.41. The Labute approximate surface area is 125 Å². The Morgan fingerprint density at radius 2 is 2.24 bits per heavy atom. The maximum Gasteiger partial charge on any atom is 0.222 e. The van der Waals surface area contributed by atoms with Crippen LogP contribution in [-0.2, 0) is 17.8 Å². The van der Waals surface area contributed by atoms with Gasteiger partial charge in [0.05, 0.1) is 0 Å². The molecular weight excluding hydrogens is 262 g/mol. The number of aromatic amines is 1. The first kappa shape index (κ1) is 14.1. The molecule has 2 aromatic rings. The third kappa shape index (κ3) is 2.81. The number of aromatic nitrogens is 1. The fourth-order valence-corrected chi connectivity index (χ4v) is 3.03. The molecule has 1 aliphatic heterocycles. The molecule has 3 N–H and O–H groups in total. The average molecular weight is 285 g/mol. The first-order valence-electron chi connectivity index (χ1n) is 7.75. The van der Waals surface area contributed by atoms with Crippen LogP contribution in [0.4, 0.5) is 0 Å². The summed E-state index contributed by atoms with van der Waals surface area (Å²) in [6, 6.07) is 8.33. The second-order valence-corrected chi connectivity index (χ2v) is 6.07. The van der Waals surface area contributed by atoms with Gasteiger partial charge >= 0.3 is 0 Å². The molecule has 2 heterocycles. The molecule has 0 aliphatic carbocycles. The summed E-state index contributed by atoms with van der Waals surface area (Å²) in [5.74, 6) is 0.675. The number of carbonyl (C=O) groups is 1. The van der Waals surface area contributed by atoms with Crippen LogP contribution in [0.25, 0.3) is 10.9 Å². The standard InChI is InChI=1S/C17H23N3O/c1-12(10-18)6-7-17(21)20-9-8-16-14(11-20)13-4-2-3-5-15(13)19-16/h2-5,12,19H,6-11,18H2,1H3. The van der Waals surface area contributed by atoms with Gasteiger partial charge < -0.3 is 15.6 Å². The van der Waals surface area contributed by atoms with Crippen LogP contribution in [0.15, 0.2) is 24.3 Å². The SMILES string of the molecule is CC(CN)CCC(=O)N1CCc2[nH]c3ccccc3c2C1. The number of rotatable bonds is 4. The Bertz CT molecular complexity index is 647. The van der Waals surface area contributed by atoms with E-state index in [1.54, 1.807) is 0 Å². The lowest BCUT2D eigenvalue weighted by Gasteiger charge is -2.27. The van der Waals surface area contributed by atoms with Gasteiger partial charge in [-0.25, -0.2) is 0 Å². The van der Waals surface area contributed by atoms with E-state index in [-0.39, 0.29) is 5.91 Å². The summed E-state index contributed by atoms with van der Waals surface area (Å²) in [5.41, 5.74) is 9.37. The molecule has 0 fully saturated rings. The molecule has 1 aromatic heterocycles. The van der Waals surface area contributed by atoms with E-state index in [4.69, 9.17) is 5.73 Å². The van der Waals surface area contributed by atoms with E-state index in [1.165, 1.54) is 22.2 Å². The quantitative estimate of drug-likeness (QED) is 0.906. The smallest absolute Gasteiger partial charge is 0.222 e. The summed E-state index contributed by atoms with van der Waals surface area (Å²) >= 11 is 0. The van der Waals surface area contributed by atoms with Crippen LogP contribution in [0.1, 0.15) is 31.0 Å². The number of nitrogens with two attached hydrogens (primary N) is 1. The van der Waals surface area contributed by atoms with E-state index in [0.717, 1.165) is 25.9 Å². The van der Waals surface area contributed by atoms with Crippen LogP contribution in [0.3, 0.4) is 0 Å². The minimum absolute atomic E-state index is 0.256. The van der Waals surface area contributed by atoms with Gasteiger partial charge in [0.25, 0.3) is 0 Å². The molecule has 1 amide bonds. The zero-order chi connectivity index (χ0) is 14.8. The topological polar surface area (TPSA) is 62.1 Å². The highest BCUT2D eigenvalue weighted by atomic mass is 16.2.